The van der Waals surface area contributed by atoms with Crippen LogP contribution in [0.25, 0.3) is 0 Å². The van der Waals surface area contributed by atoms with Gasteiger partial charge in [0, 0.05) is 32.7 Å². The minimum Gasteiger partial charge on any atom is -0.497 e. The number of likely N-dealkylation sites (N-methyl/N-ethyl adjacent to an activating group) is 1. The van der Waals surface area contributed by atoms with Gasteiger partial charge >= 0.3 is 0 Å². The van der Waals surface area contributed by atoms with E-state index in [1.165, 1.54) is 0 Å². The van der Waals surface area contributed by atoms with Crippen LogP contribution in [0.5, 0.6) is 0 Å². The average Bonchev–Trinajstić information content (AvgIpc) is 2.30. The Balaban J connectivity index is 1.63. The molecule has 2 heterocycles. The summed E-state index contributed by atoms with van der Waals surface area (Å²) in [7, 11) is 2.17. The third-order valence-corrected chi connectivity index (χ3v) is 3.07. The van der Waals surface area contributed by atoms with E-state index in [1.54, 1.807) is 0 Å². The topological polar surface area (TPSA) is 27.7 Å². The summed E-state index contributed by atoms with van der Waals surface area (Å²) in [5.41, 5.74) is 3.46. The van der Waals surface area contributed by atoms with E-state index < -0.39 is 0 Å². The van der Waals surface area contributed by atoms with Crippen molar-refractivity contribution in [2.24, 2.45) is 0 Å². The number of allylic oxidation sites excluding steroid dienone is 1. The second kappa shape index (κ2) is 5.49. The molecule has 4 nitrogen and oxygen atoms in total. The van der Waals surface area contributed by atoms with Crippen LogP contribution in [0.4, 0.5) is 0 Å². The van der Waals surface area contributed by atoms with Crippen LogP contribution >= 0.6 is 0 Å². The van der Waals surface area contributed by atoms with Crippen molar-refractivity contribution in [2.45, 2.75) is 18.9 Å². The van der Waals surface area contributed by atoms with E-state index in [9.17, 15) is 0 Å². The van der Waals surface area contributed by atoms with Crippen molar-refractivity contribution < 1.29 is 4.74 Å². The summed E-state index contributed by atoms with van der Waals surface area (Å²) in [4.78, 5) is 2.36. The lowest BCUT2D eigenvalue weighted by molar-refractivity contribution is 0.0605. The van der Waals surface area contributed by atoms with Crippen molar-refractivity contribution in [1.82, 2.24) is 15.3 Å². The largest absolute Gasteiger partial charge is 0.497 e. The van der Waals surface area contributed by atoms with Crippen LogP contribution in [0, 0.1) is 0 Å². The normalized spacial score (nSPS) is 29.0. The molecule has 15 heavy (non-hydrogen) atoms. The molecule has 2 rings (SSSR count). The Morgan fingerprint density at radius 2 is 2.13 bits per heavy atom. The molecule has 0 bridgehead atoms. The standard InChI is InChI=1S/C11H21N3O/c1-13-5-7-14(8-6-13)12-10-11-4-2-3-9-15-11/h3,9,11-12H,2,4-8,10H2,1H3. The van der Waals surface area contributed by atoms with Crippen molar-refractivity contribution in [3.63, 3.8) is 0 Å². The smallest absolute Gasteiger partial charge is 0.112 e. The van der Waals surface area contributed by atoms with Crippen LogP contribution < -0.4 is 5.43 Å². The minimum atomic E-state index is 0.356. The van der Waals surface area contributed by atoms with Gasteiger partial charge < -0.3 is 9.64 Å². The molecule has 1 atom stereocenters. The second-order valence-electron chi connectivity index (χ2n) is 4.36. The summed E-state index contributed by atoms with van der Waals surface area (Å²) in [5, 5.41) is 2.31. The first-order valence-corrected chi connectivity index (χ1v) is 5.82. The molecule has 0 aromatic rings. The molecule has 0 aromatic heterocycles. The molecule has 0 spiro atoms. The van der Waals surface area contributed by atoms with Crippen LogP contribution in [-0.4, -0.2) is 55.8 Å². The monoisotopic (exact) mass is 211 g/mol. The Bertz CT molecular complexity index is 212. The third-order valence-electron chi connectivity index (χ3n) is 3.07. The third kappa shape index (κ3) is 3.48. The van der Waals surface area contributed by atoms with E-state index in [-0.39, 0.29) is 0 Å². The zero-order valence-electron chi connectivity index (χ0n) is 9.48. The van der Waals surface area contributed by atoms with Crippen LogP contribution in [-0.2, 0) is 4.74 Å². The summed E-state index contributed by atoms with van der Waals surface area (Å²) < 4.78 is 5.51. The van der Waals surface area contributed by atoms with Gasteiger partial charge in [-0.2, -0.15) is 0 Å². The Labute approximate surface area is 91.8 Å². The van der Waals surface area contributed by atoms with Crippen LogP contribution in [0.2, 0.25) is 0 Å². The van der Waals surface area contributed by atoms with E-state index in [0.29, 0.717) is 6.10 Å². The second-order valence-corrected chi connectivity index (χ2v) is 4.36. The molecule has 1 saturated heterocycles. The van der Waals surface area contributed by atoms with E-state index in [2.05, 4.69) is 28.5 Å². The fourth-order valence-corrected chi connectivity index (χ4v) is 1.93. The highest BCUT2D eigenvalue weighted by Crippen LogP contribution is 2.09. The highest BCUT2D eigenvalue weighted by atomic mass is 16.5. The lowest BCUT2D eigenvalue weighted by Gasteiger charge is -2.33. The predicted molar refractivity (Wildman–Crippen MR) is 60.3 cm³/mol. The van der Waals surface area contributed by atoms with Gasteiger partial charge in [-0.15, -0.1) is 0 Å². The highest BCUT2D eigenvalue weighted by Gasteiger charge is 2.16. The van der Waals surface area contributed by atoms with Gasteiger partial charge in [0.25, 0.3) is 0 Å². The lowest BCUT2D eigenvalue weighted by atomic mass is 10.1. The summed E-state index contributed by atoms with van der Waals surface area (Å²) in [6, 6.07) is 0. The van der Waals surface area contributed by atoms with E-state index in [1.807, 2.05) is 6.26 Å². The molecular weight excluding hydrogens is 190 g/mol. The maximum atomic E-state index is 5.51. The molecule has 0 aliphatic carbocycles. The maximum absolute atomic E-state index is 5.51. The molecule has 2 aliphatic heterocycles. The number of nitrogens with zero attached hydrogens (tertiary/aromatic N) is 2. The minimum absolute atomic E-state index is 0.356. The molecule has 0 saturated carbocycles. The number of ether oxygens (including phenoxy) is 1. The molecule has 1 fully saturated rings. The summed E-state index contributed by atoms with van der Waals surface area (Å²) >= 11 is 0. The van der Waals surface area contributed by atoms with Gasteiger partial charge in [-0.05, 0) is 26.0 Å². The zero-order valence-corrected chi connectivity index (χ0v) is 9.48. The maximum Gasteiger partial charge on any atom is 0.112 e. The number of hydrazine groups is 1. The summed E-state index contributed by atoms with van der Waals surface area (Å²) in [5.74, 6) is 0. The molecule has 4 heteroatoms. The van der Waals surface area contributed by atoms with Crippen molar-refractivity contribution in [1.29, 1.82) is 0 Å². The number of rotatable bonds is 3. The van der Waals surface area contributed by atoms with Gasteiger partial charge in [0.1, 0.15) is 6.10 Å². The van der Waals surface area contributed by atoms with Crippen molar-refractivity contribution in [3.8, 4) is 0 Å². The fourth-order valence-electron chi connectivity index (χ4n) is 1.93. The van der Waals surface area contributed by atoms with Crippen molar-refractivity contribution in [3.05, 3.63) is 12.3 Å². The van der Waals surface area contributed by atoms with Crippen LogP contribution in [0.3, 0.4) is 0 Å². The van der Waals surface area contributed by atoms with Gasteiger partial charge in [-0.1, -0.05) is 0 Å². The Kier molecular flexibility index (Phi) is 4.00. The Hall–Kier alpha value is -0.580. The highest BCUT2D eigenvalue weighted by molar-refractivity contribution is 4.83. The summed E-state index contributed by atoms with van der Waals surface area (Å²) in [6.45, 7) is 5.46. The number of hydrogen-bond donors (Lipinski definition) is 1. The molecular formula is C11H21N3O. The van der Waals surface area contributed by atoms with Gasteiger partial charge in [-0.25, -0.2) is 5.01 Å². The molecule has 1 unspecified atom stereocenters. The number of hydrogen-bond acceptors (Lipinski definition) is 4. The van der Waals surface area contributed by atoms with Gasteiger partial charge in [0.2, 0.25) is 0 Å². The first kappa shape index (κ1) is 10.9. The summed E-state index contributed by atoms with van der Waals surface area (Å²) in [6.07, 6.45) is 6.56. The Morgan fingerprint density at radius 3 is 2.80 bits per heavy atom. The van der Waals surface area contributed by atoms with Gasteiger partial charge in [0.05, 0.1) is 6.26 Å². The quantitative estimate of drug-likeness (QED) is 0.733. The van der Waals surface area contributed by atoms with Crippen LogP contribution in [0.1, 0.15) is 12.8 Å². The average molecular weight is 211 g/mol. The van der Waals surface area contributed by atoms with Gasteiger partial charge in [0.15, 0.2) is 0 Å². The number of nitrogens with one attached hydrogen (secondary N) is 1. The zero-order chi connectivity index (χ0) is 10.5. The molecule has 0 radical (unpaired) electrons. The van der Waals surface area contributed by atoms with E-state index in [4.69, 9.17) is 4.74 Å². The molecule has 0 amide bonds. The molecule has 2 aliphatic rings. The van der Waals surface area contributed by atoms with E-state index >= 15 is 0 Å². The Morgan fingerprint density at radius 1 is 1.33 bits per heavy atom. The van der Waals surface area contributed by atoms with E-state index in [0.717, 1.165) is 45.6 Å². The first-order chi connectivity index (χ1) is 7.34. The first-order valence-electron chi connectivity index (χ1n) is 5.82. The predicted octanol–water partition coefficient (Wildman–Crippen LogP) is 0.431. The lowest BCUT2D eigenvalue weighted by Crippen LogP contribution is -2.52. The van der Waals surface area contributed by atoms with Crippen molar-refractivity contribution in [2.75, 3.05) is 39.8 Å². The fraction of sp³-hybridized carbons (Fsp3) is 0.818. The molecule has 1 N–H and O–H groups in total. The van der Waals surface area contributed by atoms with Gasteiger partial charge in [-0.3, -0.25) is 5.43 Å². The SMILES string of the molecule is CN1CCN(NCC2CCC=CO2)CC1. The van der Waals surface area contributed by atoms with Crippen LogP contribution in [0.15, 0.2) is 12.3 Å². The number of piperazine rings is 1. The molecule has 86 valence electrons. The van der Waals surface area contributed by atoms with Crippen molar-refractivity contribution >= 4 is 0 Å². The molecule has 0 aromatic carbocycles.